The third-order valence-electron chi connectivity index (χ3n) is 5.65. The number of unbranched alkanes of at least 4 members (excludes halogenated alkanes) is 15. The maximum atomic E-state index is 12.0. The molecule has 0 atom stereocenters. The van der Waals surface area contributed by atoms with Crippen LogP contribution in [0.25, 0.3) is 0 Å². The summed E-state index contributed by atoms with van der Waals surface area (Å²) in [5, 5.41) is 9.27. The second-order valence-corrected chi connectivity index (χ2v) is 8.44. The van der Waals surface area contributed by atoms with Crippen molar-refractivity contribution in [1.29, 1.82) is 0 Å². The molecule has 0 radical (unpaired) electrons. The molecule has 1 aromatic carbocycles. The van der Waals surface area contributed by atoms with E-state index < -0.39 is 0 Å². The molecule has 0 amide bonds. The number of carbonyl (C=O) groups excluding carboxylic acids is 1. The van der Waals surface area contributed by atoms with Crippen molar-refractivity contribution in [1.82, 2.24) is 0 Å². The molecule has 0 aliphatic heterocycles. The number of aromatic hydroxyl groups is 1. The molecule has 0 saturated carbocycles. The number of phenols is 1. The average molecular weight is 389 g/mol. The van der Waals surface area contributed by atoms with Crippen LogP contribution >= 0.6 is 0 Å². The second kappa shape index (κ2) is 17.8. The van der Waals surface area contributed by atoms with Crippen LogP contribution in [0.1, 0.15) is 122 Å². The average Bonchev–Trinajstić information content (AvgIpc) is 2.69. The Bertz CT molecular complexity index is 478. The molecule has 0 saturated heterocycles. The van der Waals surface area contributed by atoms with E-state index in [1.807, 2.05) is 12.1 Å². The minimum atomic E-state index is 0.258. The number of phenolic OH excluding ortho intramolecular Hbond substituents is 1. The van der Waals surface area contributed by atoms with Gasteiger partial charge in [-0.3, -0.25) is 4.79 Å². The third kappa shape index (κ3) is 14.7. The highest BCUT2D eigenvalue weighted by Crippen LogP contribution is 2.15. The summed E-state index contributed by atoms with van der Waals surface area (Å²) in [6, 6.07) is 6.97. The summed E-state index contributed by atoms with van der Waals surface area (Å²) in [6.07, 6.45) is 22.9. The van der Waals surface area contributed by atoms with Gasteiger partial charge in [-0.05, 0) is 24.1 Å². The summed E-state index contributed by atoms with van der Waals surface area (Å²) >= 11 is 0. The Labute approximate surface area is 174 Å². The van der Waals surface area contributed by atoms with Crippen molar-refractivity contribution in [2.45, 2.75) is 122 Å². The SMILES string of the molecule is CCCCCCCCCCCCCCCCCCC(=O)Cc1ccc(O)cc1. The van der Waals surface area contributed by atoms with Gasteiger partial charge in [-0.15, -0.1) is 0 Å². The summed E-state index contributed by atoms with van der Waals surface area (Å²) in [5.74, 6) is 0.574. The smallest absolute Gasteiger partial charge is 0.137 e. The highest BCUT2D eigenvalue weighted by atomic mass is 16.3. The van der Waals surface area contributed by atoms with E-state index in [0.29, 0.717) is 18.6 Å². The van der Waals surface area contributed by atoms with Gasteiger partial charge in [0.2, 0.25) is 0 Å². The van der Waals surface area contributed by atoms with Crippen LogP contribution in [0, 0.1) is 0 Å². The van der Waals surface area contributed by atoms with Crippen molar-refractivity contribution >= 4 is 5.78 Å². The van der Waals surface area contributed by atoms with E-state index in [-0.39, 0.29) is 5.75 Å². The number of ketones is 1. The zero-order valence-electron chi connectivity index (χ0n) is 18.4. The van der Waals surface area contributed by atoms with Gasteiger partial charge in [-0.1, -0.05) is 115 Å². The predicted octanol–water partition coefficient (Wildman–Crippen LogP) is 8.16. The van der Waals surface area contributed by atoms with Crippen LogP contribution in [0.2, 0.25) is 0 Å². The molecule has 0 aromatic heterocycles. The number of hydrogen-bond acceptors (Lipinski definition) is 2. The van der Waals surface area contributed by atoms with E-state index in [0.717, 1.165) is 12.0 Å². The largest absolute Gasteiger partial charge is 0.508 e. The Hall–Kier alpha value is -1.31. The monoisotopic (exact) mass is 388 g/mol. The Kier molecular flexibility index (Phi) is 15.7. The molecule has 0 unspecified atom stereocenters. The summed E-state index contributed by atoms with van der Waals surface area (Å²) < 4.78 is 0. The lowest BCUT2D eigenvalue weighted by Crippen LogP contribution is -2.02. The molecule has 2 nitrogen and oxygen atoms in total. The van der Waals surface area contributed by atoms with Gasteiger partial charge in [0, 0.05) is 12.8 Å². The number of hydrogen-bond donors (Lipinski definition) is 1. The minimum Gasteiger partial charge on any atom is -0.508 e. The van der Waals surface area contributed by atoms with Gasteiger partial charge < -0.3 is 5.11 Å². The molecule has 28 heavy (non-hydrogen) atoms. The normalized spacial score (nSPS) is 11.0. The first-order valence-electron chi connectivity index (χ1n) is 12.0. The highest BCUT2D eigenvalue weighted by Gasteiger charge is 2.04. The topological polar surface area (TPSA) is 37.3 Å². The molecule has 160 valence electrons. The first-order valence-corrected chi connectivity index (χ1v) is 12.0. The van der Waals surface area contributed by atoms with Gasteiger partial charge in [-0.25, -0.2) is 0 Å². The maximum Gasteiger partial charge on any atom is 0.137 e. The molecule has 1 rings (SSSR count). The standard InChI is InChI=1S/C26H44O2/c1-2-3-4-5-6-7-8-9-10-11-12-13-14-15-16-17-18-26(28)23-24-19-21-25(27)22-20-24/h19-22,27H,2-18,23H2,1H3. The molecule has 0 fully saturated rings. The van der Waals surface area contributed by atoms with Crippen molar-refractivity contribution in [2.24, 2.45) is 0 Å². The summed E-state index contributed by atoms with van der Waals surface area (Å²) in [7, 11) is 0. The first-order chi connectivity index (χ1) is 13.7. The van der Waals surface area contributed by atoms with Crippen LogP contribution in [0.5, 0.6) is 5.75 Å². The molecular formula is C26H44O2. The van der Waals surface area contributed by atoms with Crippen LogP contribution in [0.4, 0.5) is 0 Å². The zero-order chi connectivity index (χ0) is 20.3. The van der Waals surface area contributed by atoms with Gasteiger partial charge >= 0.3 is 0 Å². The fraction of sp³-hybridized carbons (Fsp3) is 0.731. The van der Waals surface area contributed by atoms with Crippen LogP contribution in [0.15, 0.2) is 24.3 Å². The molecule has 0 spiro atoms. The molecule has 0 heterocycles. The zero-order valence-corrected chi connectivity index (χ0v) is 18.4. The highest BCUT2D eigenvalue weighted by molar-refractivity contribution is 5.80. The third-order valence-corrected chi connectivity index (χ3v) is 5.65. The van der Waals surface area contributed by atoms with Crippen LogP contribution < -0.4 is 0 Å². The number of carbonyl (C=O) groups is 1. The predicted molar refractivity (Wildman–Crippen MR) is 121 cm³/mol. The van der Waals surface area contributed by atoms with E-state index in [1.54, 1.807) is 12.1 Å². The summed E-state index contributed by atoms with van der Waals surface area (Å²) in [4.78, 5) is 12.0. The van der Waals surface area contributed by atoms with E-state index >= 15 is 0 Å². The Morgan fingerprint density at radius 1 is 0.643 bits per heavy atom. The molecule has 0 bridgehead atoms. The summed E-state index contributed by atoms with van der Waals surface area (Å²) in [5.41, 5.74) is 0.999. The fourth-order valence-electron chi connectivity index (χ4n) is 3.80. The fourth-order valence-corrected chi connectivity index (χ4v) is 3.80. The number of benzene rings is 1. The van der Waals surface area contributed by atoms with Crippen LogP contribution in [0.3, 0.4) is 0 Å². The van der Waals surface area contributed by atoms with E-state index in [1.165, 1.54) is 96.3 Å². The Morgan fingerprint density at radius 2 is 1.04 bits per heavy atom. The number of rotatable bonds is 19. The van der Waals surface area contributed by atoms with Gasteiger partial charge in [0.1, 0.15) is 11.5 Å². The molecule has 1 aromatic rings. The van der Waals surface area contributed by atoms with E-state index in [4.69, 9.17) is 0 Å². The summed E-state index contributed by atoms with van der Waals surface area (Å²) in [6.45, 7) is 2.28. The molecule has 2 heteroatoms. The molecule has 0 aliphatic carbocycles. The Balaban J connectivity index is 1.79. The lowest BCUT2D eigenvalue weighted by Gasteiger charge is -2.04. The van der Waals surface area contributed by atoms with Crippen LogP contribution in [-0.4, -0.2) is 10.9 Å². The molecule has 0 aliphatic rings. The van der Waals surface area contributed by atoms with Gasteiger partial charge in [0.05, 0.1) is 0 Å². The lowest BCUT2D eigenvalue weighted by atomic mass is 10.0. The van der Waals surface area contributed by atoms with E-state index in [9.17, 15) is 9.90 Å². The van der Waals surface area contributed by atoms with E-state index in [2.05, 4.69) is 6.92 Å². The van der Waals surface area contributed by atoms with Gasteiger partial charge in [0.25, 0.3) is 0 Å². The number of Topliss-reactive ketones (excluding diaryl/α,β-unsaturated/α-hetero) is 1. The van der Waals surface area contributed by atoms with Gasteiger partial charge in [0.15, 0.2) is 0 Å². The van der Waals surface area contributed by atoms with Crippen LogP contribution in [-0.2, 0) is 11.2 Å². The lowest BCUT2D eigenvalue weighted by molar-refractivity contribution is -0.118. The second-order valence-electron chi connectivity index (χ2n) is 8.44. The van der Waals surface area contributed by atoms with Crippen molar-refractivity contribution in [3.05, 3.63) is 29.8 Å². The maximum absolute atomic E-state index is 12.0. The van der Waals surface area contributed by atoms with Crippen molar-refractivity contribution < 1.29 is 9.90 Å². The first kappa shape index (κ1) is 24.7. The van der Waals surface area contributed by atoms with Crippen molar-refractivity contribution in [2.75, 3.05) is 0 Å². The minimum absolute atomic E-state index is 0.258. The molecule has 1 N–H and O–H groups in total. The van der Waals surface area contributed by atoms with Gasteiger partial charge in [-0.2, -0.15) is 0 Å². The molecular weight excluding hydrogens is 344 g/mol. The van der Waals surface area contributed by atoms with Crippen molar-refractivity contribution in [3.63, 3.8) is 0 Å². The van der Waals surface area contributed by atoms with Crippen molar-refractivity contribution in [3.8, 4) is 5.75 Å². The Morgan fingerprint density at radius 3 is 1.46 bits per heavy atom. The quantitative estimate of drug-likeness (QED) is 0.243.